The van der Waals surface area contributed by atoms with Crippen molar-refractivity contribution in [2.24, 2.45) is 0 Å². The molecule has 1 heterocycles. The van der Waals surface area contributed by atoms with Crippen molar-refractivity contribution >= 4 is 31.8 Å². The first-order chi connectivity index (χ1) is 17.9. The average molecular weight is 588 g/mol. The fourth-order valence-electron chi connectivity index (χ4n) is 3.90. The van der Waals surface area contributed by atoms with Crippen molar-refractivity contribution in [3.63, 3.8) is 0 Å². The number of rotatable bonds is 10. The summed E-state index contributed by atoms with van der Waals surface area (Å²) >= 11 is 5.86. The van der Waals surface area contributed by atoms with Crippen LogP contribution in [-0.2, 0) is 6.42 Å². The summed E-state index contributed by atoms with van der Waals surface area (Å²) < 4.78 is 24.0. The van der Waals surface area contributed by atoms with E-state index in [2.05, 4.69) is 0 Å². The average Bonchev–Trinajstić information content (AvgIpc) is 3.33. The van der Waals surface area contributed by atoms with Gasteiger partial charge in [0.05, 0.1) is 0 Å². The van der Waals surface area contributed by atoms with Crippen LogP contribution in [0.2, 0.25) is 5.02 Å². The van der Waals surface area contributed by atoms with E-state index in [1.54, 1.807) is 40.4 Å². The number of hydrogen-bond acceptors (Lipinski definition) is 7. The molecule has 0 aliphatic rings. The Morgan fingerprint density at radius 2 is 1.59 bits per heavy atom. The summed E-state index contributed by atoms with van der Waals surface area (Å²) in [5.41, 5.74) is 3.18. The summed E-state index contributed by atoms with van der Waals surface area (Å²) in [6.07, 6.45) is 0.633. The minimum atomic E-state index is -0.425. The molecule has 10 heteroatoms. The molecule has 37 heavy (non-hydrogen) atoms. The van der Waals surface area contributed by atoms with Crippen molar-refractivity contribution in [2.45, 2.75) is 13.3 Å². The molecule has 0 spiro atoms. The number of hydrogen-bond donors (Lipinski definition) is 0. The molecule has 0 radical (unpaired) electrons. The van der Waals surface area contributed by atoms with Gasteiger partial charge in [-0.2, -0.15) is 0 Å². The maximum atomic E-state index is 11.8. The standard InChI is InChI=1S/C27H25ClN2O6Se/c1-5-36-21-11-8-17(13-20(21)30(31)32)27-25(18-14-22(33-2)26(35-4)23(15-18)34-3)29-24(37-27)12-16-6-9-19(28)10-7-16/h6-11,13-15H,5,12H2,1-4H3. The first kappa shape index (κ1) is 26.5. The van der Waals surface area contributed by atoms with E-state index in [0.29, 0.717) is 46.6 Å². The Bertz CT molecular complexity index is 1400. The zero-order chi connectivity index (χ0) is 26.5. The predicted molar refractivity (Wildman–Crippen MR) is 144 cm³/mol. The molecule has 0 aliphatic carbocycles. The van der Waals surface area contributed by atoms with Crippen LogP contribution in [0.15, 0.2) is 54.6 Å². The quantitative estimate of drug-likeness (QED) is 0.127. The summed E-state index contributed by atoms with van der Waals surface area (Å²) in [6.45, 7) is 2.12. The summed E-state index contributed by atoms with van der Waals surface area (Å²) in [6, 6.07) is 16.4. The van der Waals surface area contributed by atoms with Gasteiger partial charge in [-0.3, -0.25) is 0 Å². The van der Waals surface area contributed by atoms with Gasteiger partial charge in [0, 0.05) is 0 Å². The Kier molecular flexibility index (Phi) is 8.38. The number of aromatic nitrogens is 1. The zero-order valence-corrected chi connectivity index (χ0v) is 23.2. The number of ether oxygens (including phenoxy) is 4. The second-order valence-electron chi connectivity index (χ2n) is 7.88. The van der Waals surface area contributed by atoms with Crippen molar-refractivity contribution in [1.29, 1.82) is 0 Å². The molecule has 0 amide bonds. The molecule has 4 aromatic rings. The van der Waals surface area contributed by atoms with Gasteiger partial charge in [0.1, 0.15) is 0 Å². The number of halogens is 1. The Hall–Kier alpha value is -3.52. The number of benzene rings is 3. The SMILES string of the molecule is CCOc1ccc(-c2[se]c(Cc3ccc(Cl)cc3)nc2-c2cc(OC)c(OC)c(OC)c2)cc1[N+](=O)[O-]. The number of methoxy groups -OCH3 is 3. The first-order valence-electron chi connectivity index (χ1n) is 11.3. The van der Waals surface area contributed by atoms with Gasteiger partial charge in [-0.25, -0.2) is 0 Å². The van der Waals surface area contributed by atoms with E-state index in [0.717, 1.165) is 20.1 Å². The summed E-state index contributed by atoms with van der Waals surface area (Å²) in [4.78, 5) is 16.4. The van der Waals surface area contributed by atoms with Gasteiger partial charge >= 0.3 is 226 Å². The van der Waals surface area contributed by atoms with Crippen LogP contribution >= 0.6 is 11.6 Å². The van der Waals surface area contributed by atoms with E-state index in [1.165, 1.54) is 0 Å². The van der Waals surface area contributed by atoms with Gasteiger partial charge in [-0.05, 0) is 0 Å². The third kappa shape index (κ3) is 5.74. The number of nitro benzene ring substituents is 1. The van der Waals surface area contributed by atoms with E-state index in [4.69, 9.17) is 35.5 Å². The molecule has 0 bridgehead atoms. The molecular weight excluding hydrogens is 563 g/mol. The number of nitro groups is 1. The van der Waals surface area contributed by atoms with Crippen LogP contribution in [0.3, 0.4) is 0 Å². The molecule has 0 saturated carbocycles. The van der Waals surface area contributed by atoms with Crippen molar-refractivity contribution in [1.82, 2.24) is 4.98 Å². The first-order valence-corrected chi connectivity index (χ1v) is 13.4. The monoisotopic (exact) mass is 588 g/mol. The topological polar surface area (TPSA) is 93.0 Å². The van der Waals surface area contributed by atoms with Crippen LogP contribution in [0.25, 0.3) is 21.3 Å². The number of nitrogens with zero attached hydrogens (tertiary/aromatic N) is 2. The summed E-state index contributed by atoms with van der Waals surface area (Å²) in [5, 5.41) is 12.5. The summed E-state index contributed by atoms with van der Waals surface area (Å²) in [5.74, 6) is 1.70. The van der Waals surface area contributed by atoms with E-state index in [1.807, 2.05) is 42.5 Å². The zero-order valence-electron chi connectivity index (χ0n) is 20.7. The molecule has 4 rings (SSSR count). The van der Waals surface area contributed by atoms with E-state index in [-0.39, 0.29) is 25.9 Å². The van der Waals surface area contributed by atoms with E-state index < -0.39 is 4.92 Å². The van der Waals surface area contributed by atoms with Crippen LogP contribution in [0.5, 0.6) is 23.0 Å². The van der Waals surface area contributed by atoms with Crippen LogP contribution < -0.4 is 18.9 Å². The van der Waals surface area contributed by atoms with Crippen LogP contribution in [0, 0.1) is 10.1 Å². The second kappa shape index (κ2) is 11.7. The van der Waals surface area contributed by atoms with Gasteiger partial charge in [-0.1, -0.05) is 0 Å². The third-order valence-electron chi connectivity index (χ3n) is 5.60. The van der Waals surface area contributed by atoms with Crippen LogP contribution in [0.1, 0.15) is 17.1 Å². The van der Waals surface area contributed by atoms with Gasteiger partial charge in [0.15, 0.2) is 0 Å². The van der Waals surface area contributed by atoms with Gasteiger partial charge < -0.3 is 0 Å². The molecular formula is C27H25ClN2O6Se. The Labute approximate surface area is 225 Å². The van der Waals surface area contributed by atoms with Gasteiger partial charge in [-0.15, -0.1) is 0 Å². The molecule has 3 aromatic carbocycles. The van der Waals surface area contributed by atoms with Crippen molar-refractivity contribution in [3.05, 3.63) is 79.9 Å². The predicted octanol–water partition coefficient (Wildman–Crippen LogP) is 6.05. The van der Waals surface area contributed by atoms with E-state index in [9.17, 15) is 10.1 Å². The van der Waals surface area contributed by atoms with Crippen LogP contribution in [0.4, 0.5) is 5.69 Å². The molecule has 0 saturated heterocycles. The molecule has 8 nitrogen and oxygen atoms in total. The molecule has 0 unspecified atom stereocenters. The fraction of sp³-hybridized carbons (Fsp3) is 0.222. The molecule has 192 valence electrons. The van der Waals surface area contributed by atoms with Gasteiger partial charge in [0.25, 0.3) is 0 Å². The van der Waals surface area contributed by atoms with Crippen molar-refractivity contribution < 1.29 is 23.9 Å². The molecule has 0 N–H and O–H groups in total. The minimum absolute atomic E-state index is 0.0851. The van der Waals surface area contributed by atoms with Gasteiger partial charge in [0.2, 0.25) is 0 Å². The Balaban J connectivity index is 1.90. The molecule has 0 atom stereocenters. The Morgan fingerprint density at radius 3 is 2.16 bits per heavy atom. The molecule has 0 fully saturated rings. The summed E-state index contributed by atoms with van der Waals surface area (Å²) in [7, 11) is 4.66. The van der Waals surface area contributed by atoms with E-state index >= 15 is 0 Å². The molecule has 1 aromatic heterocycles. The normalized spacial score (nSPS) is 10.7. The van der Waals surface area contributed by atoms with Crippen LogP contribution in [-0.4, -0.2) is 52.3 Å². The molecule has 0 aliphatic heterocycles. The van der Waals surface area contributed by atoms with Crippen molar-refractivity contribution in [3.8, 4) is 44.3 Å². The third-order valence-corrected chi connectivity index (χ3v) is 8.17. The van der Waals surface area contributed by atoms with Crippen molar-refractivity contribution in [2.75, 3.05) is 27.9 Å². The fourth-order valence-corrected chi connectivity index (χ4v) is 6.37. The second-order valence-corrected chi connectivity index (χ2v) is 10.6. The maximum absolute atomic E-state index is 11.8. The Morgan fingerprint density at radius 1 is 0.919 bits per heavy atom.